The number of hydrogen-bond acceptors (Lipinski definition) is 4. The Bertz CT molecular complexity index is 1190. The number of anilines is 1. The number of methoxy groups -OCH3 is 1. The third kappa shape index (κ3) is 5.93. The largest absolute Gasteiger partial charge is 0.495 e. The highest BCUT2D eigenvalue weighted by atomic mass is 32.2. The third-order valence-electron chi connectivity index (χ3n) is 5.47. The Kier molecular flexibility index (Phi) is 7.76. The topological polar surface area (TPSA) is 75.7 Å². The Hall–Kier alpha value is -3.32. The molecule has 0 aromatic heterocycles. The molecule has 1 atom stereocenters. The molecule has 0 heterocycles. The molecular weight excluding hydrogens is 436 g/mol. The predicted octanol–water partition coefficient (Wildman–Crippen LogP) is 4.43. The number of aryl methyl sites for hydroxylation is 2. The second kappa shape index (κ2) is 10.5. The van der Waals surface area contributed by atoms with E-state index in [1.165, 1.54) is 7.11 Å². The summed E-state index contributed by atoms with van der Waals surface area (Å²) in [7, 11) is -2.53. The summed E-state index contributed by atoms with van der Waals surface area (Å²) in [4.78, 5) is 13.0. The van der Waals surface area contributed by atoms with Crippen molar-refractivity contribution in [2.24, 2.45) is 0 Å². The number of nitrogens with zero attached hydrogens (tertiary/aromatic N) is 1. The van der Waals surface area contributed by atoms with Crippen LogP contribution in [0.1, 0.15) is 29.5 Å². The van der Waals surface area contributed by atoms with Gasteiger partial charge in [0, 0.05) is 6.54 Å². The highest BCUT2D eigenvalue weighted by Gasteiger charge is 2.29. The van der Waals surface area contributed by atoms with Crippen LogP contribution in [0, 0.1) is 13.8 Å². The van der Waals surface area contributed by atoms with E-state index in [-0.39, 0.29) is 17.4 Å². The van der Waals surface area contributed by atoms with E-state index in [4.69, 9.17) is 4.74 Å². The first-order chi connectivity index (χ1) is 15.7. The quantitative estimate of drug-likeness (QED) is 0.506. The first-order valence-electron chi connectivity index (χ1n) is 10.8. The molecule has 6 nitrogen and oxygen atoms in total. The second-order valence-electron chi connectivity index (χ2n) is 8.12. The summed E-state index contributed by atoms with van der Waals surface area (Å²) >= 11 is 0. The van der Waals surface area contributed by atoms with Crippen molar-refractivity contribution in [1.29, 1.82) is 0 Å². The van der Waals surface area contributed by atoms with Gasteiger partial charge in [0.2, 0.25) is 5.91 Å². The lowest BCUT2D eigenvalue weighted by Gasteiger charge is -2.26. The van der Waals surface area contributed by atoms with Gasteiger partial charge in [-0.25, -0.2) is 8.42 Å². The van der Waals surface area contributed by atoms with Crippen LogP contribution in [0.25, 0.3) is 0 Å². The predicted molar refractivity (Wildman–Crippen MR) is 131 cm³/mol. The summed E-state index contributed by atoms with van der Waals surface area (Å²) in [5.74, 6) is 0.0737. The van der Waals surface area contributed by atoms with Crippen molar-refractivity contribution >= 4 is 21.6 Å². The minimum Gasteiger partial charge on any atom is -0.495 e. The summed E-state index contributed by atoms with van der Waals surface area (Å²) in [6, 6.07) is 21.7. The molecule has 3 aromatic rings. The maximum absolute atomic E-state index is 13.6. The van der Waals surface area contributed by atoms with Crippen molar-refractivity contribution in [2.75, 3.05) is 24.5 Å². The first kappa shape index (κ1) is 24.3. The fourth-order valence-corrected chi connectivity index (χ4v) is 4.91. The summed E-state index contributed by atoms with van der Waals surface area (Å²) in [5, 5.41) is 2.88. The van der Waals surface area contributed by atoms with Crippen LogP contribution in [-0.4, -0.2) is 34.5 Å². The van der Waals surface area contributed by atoms with Gasteiger partial charge in [0.15, 0.2) is 0 Å². The van der Waals surface area contributed by atoms with Gasteiger partial charge in [0.05, 0.1) is 17.7 Å². The number of sulfonamides is 1. The van der Waals surface area contributed by atoms with Gasteiger partial charge in [-0.2, -0.15) is 0 Å². The van der Waals surface area contributed by atoms with E-state index in [0.717, 1.165) is 21.0 Å². The van der Waals surface area contributed by atoms with Gasteiger partial charge in [-0.15, -0.1) is 0 Å². The fraction of sp³-hybridized carbons (Fsp3) is 0.269. The Morgan fingerprint density at radius 1 is 0.970 bits per heavy atom. The summed E-state index contributed by atoms with van der Waals surface area (Å²) in [6.07, 6.45) is 0. The fourth-order valence-electron chi connectivity index (χ4n) is 3.48. The average Bonchev–Trinajstić information content (AvgIpc) is 2.81. The molecule has 1 N–H and O–H groups in total. The average molecular weight is 467 g/mol. The molecule has 7 heteroatoms. The maximum Gasteiger partial charge on any atom is 0.264 e. The lowest BCUT2D eigenvalue weighted by Crippen LogP contribution is -2.42. The Morgan fingerprint density at radius 2 is 1.61 bits per heavy atom. The van der Waals surface area contributed by atoms with Gasteiger partial charge < -0.3 is 10.1 Å². The van der Waals surface area contributed by atoms with Crippen LogP contribution in [-0.2, 0) is 14.8 Å². The van der Waals surface area contributed by atoms with Crippen LogP contribution < -0.4 is 14.4 Å². The van der Waals surface area contributed by atoms with Crippen molar-refractivity contribution in [2.45, 2.75) is 31.6 Å². The minimum absolute atomic E-state index is 0.0887. The van der Waals surface area contributed by atoms with Gasteiger partial charge in [0.25, 0.3) is 10.0 Å². The van der Waals surface area contributed by atoms with E-state index in [2.05, 4.69) is 5.32 Å². The zero-order valence-electron chi connectivity index (χ0n) is 19.4. The van der Waals surface area contributed by atoms with Crippen LogP contribution in [0.5, 0.6) is 5.75 Å². The van der Waals surface area contributed by atoms with Crippen molar-refractivity contribution in [1.82, 2.24) is 5.32 Å². The summed E-state index contributed by atoms with van der Waals surface area (Å²) in [6.45, 7) is 5.80. The van der Waals surface area contributed by atoms with E-state index >= 15 is 0 Å². The zero-order chi connectivity index (χ0) is 24.0. The molecule has 0 aliphatic heterocycles. The molecule has 0 radical (unpaired) electrons. The molecule has 1 amide bonds. The van der Waals surface area contributed by atoms with E-state index in [0.29, 0.717) is 18.0 Å². The number of ether oxygens (including phenoxy) is 1. The van der Waals surface area contributed by atoms with Crippen LogP contribution in [0.3, 0.4) is 0 Å². The molecule has 3 aromatic carbocycles. The Labute approximate surface area is 196 Å². The lowest BCUT2D eigenvalue weighted by molar-refractivity contribution is -0.119. The van der Waals surface area contributed by atoms with E-state index in [9.17, 15) is 13.2 Å². The first-order valence-corrected chi connectivity index (χ1v) is 12.2. The molecule has 0 saturated heterocycles. The molecule has 0 fully saturated rings. The molecule has 0 aliphatic carbocycles. The number of hydrogen-bond donors (Lipinski definition) is 1. The number of carbonyl (C=O) groups is 1. The number of nitrogens with one attached hydrogen (secondary N) is 1. The van der Waals surface area contributed by atoms with Gasteiger partial charge in [-0.3, -0.25) is 9.10 Å². The van der Waals surface area contributed by atoms with Gasteiger partial charge >= 0.3 is 0 Å². The van der Waals surface area contributed by atoms with E-state index in [1.54, 1.807) is 36.4 Å². The van der Waals surface area contributed by atoms with Crippen LogP contribution >= 0.6 is 0 Å². The molecule has 3 rings (SSSR count). The highest BCUT2D eigenvalue weighted by Crippen LogP contribution is 2.33. The molecule has 33 heavy (non-hydrogen) atoms. The molecule has 0 aliphatic rings. The smallest absolute Gasteiger partial charge is 0.264 e. The molecular formula is C26H30N2O4S. The van der Waals surface area contributed by atoms with Crippen molar-refractivity contribution in [3.05, 3.63) is 89.5 Å². The molecule has 1 unspecified atom stereocenters. The van der Waals surface area contributed by atoms with Crippen molar-refractivity contribution in [3.63, 3.8) is 0 Å². The standard InChI is InChI=1S/C26H30N2O4S/c1-19-10-13-23(14-11-19)33(30,31)28(24-16-20(2)12-15-25(24)32-4)18-26(29)27-17-21(3)22-8-6-5-7-9-22/h5-16,21H,17-18H2,1-4H3,(H,27,29). The second-order valence-corrected chi connectivity index (χ2v) is 9.98. The number of rotatable bonds is 9. The highest BCUT2D eigenvalue weighted by molar-refractivity contribution is 7.92. The van der Waals surface area contributed by atoms with Crippen LogP contribution in [0.15, 0.2) is 77.7 Å². The lowest BCUT2D eigenvalue weighted by atomic mass is 10.0. The van der Waals surface area contributed by atoms with Gasteiger partial charge in [0.1, 0.15) is 12.3 Å². The molecule has 0 bridgehead atoms. The van der Waals surface area contributed by atoms with Crippen molar-refractivity contribution < 1.29 is 17.9 Å². The van der Waals surface area contributed by atoms with E-state index in [1.807, 2.05) is 57.2 Å². The Morgan fingerprint density at radius 3 is 2.24 bits per heavy atom. The van der Waals surface area contributed by atoms with Gasteiger partial charge in [-0.1, -0.05) is 61.0 Å². The molecule has 0 saturated carbocycles. The Balaban J connectivity index is 1.90. The third-order valence-corrected chi connectivity index (χ3v) is 7.25. The number of carbonyl (C=O) groups excluding carboxylic acids is 1. The number of benzene rings is 3. The monoisotopic (exact) mass is 466 g/mol. The minimum atomic E-state index is -4.01. The molecule has 0 spiro atoms. The summed E-state index contributed by atoms with van der Waals surface area (Å²) in [5.41, 5.74) is 3.22. The normalized spacial score (nSPS) is 12.1. The van der Waals surface area contributed by atoms with Crippen LogP contribution in [0.2, 0.25) is 0 Å². The van der Waals surface area contributed by atoms with Crippen molar-refractivity contribution in [3.8, 4) is 5.75 Å². The van der Waals surface area contributed by atoms with Gasteiger partial charge in [-0.05, 0) is 55.2 Å². The maximum atomic E-state index is 13.6. The zero-order valence-corrected chi connectivity index (χ0v) is 20.2. The SMILES string of the molecule is COc1ccc(C)cc1N(CC(=O)NCC(C)c1ccccc1)S(=O)(=O)c1ccc(C)cc1. The number of amides is 1. The van der Waals surface area contributed by atoms with E-state index < -0.39 is 15.9 Å². The molecule has 174 valence electrons. The van der Waals surface area contributed by atoms with Crippen LogP contribution in [0.4, 0.5) is 5.69 Å². The summed E-state index contributed by atoms with van der Waals surface area (Å²) < 4.78 is 33.8.